The molecule has 168 valence electrons. The van der Waals surface area contributed by atoms with Gasteiger partial charge in [0.25, 0.3) is 0 Å². The van der Waals surface area contributed by atoms with Gasteiger partial charge in [0.05, 0.1) is 12.1 Å². The van der Waals surface area contributed by atoms with Crippen LogP contribution in [0.15, 0.2) is 54.9 Å². The van der Waals surface area contributed by atoms with Gasteiger partial charge in [0.1, 0.15) is 6.33 Å². The molecule has 0 bridgehead atoms. The van der Waals surface area contributed by atoms with E-state index < -0.39 is 5.97 Å². The molecule has 2 unspecified atom stereocenters. The summed E-state index contributed by atoms with van der Waals surface area (Å²) in [4.78, 5) is 28.7. The standard InChI is InChI=1S/C27H27N3O3/c1-2-3-7-19-8-6-9-22(16-19)25(31)26-28-18-30(29-26)17-20-12-14-21(15-13-20)23-10-4-5-11-24(23)27(32)33/h4-5,10-15,18-19,22H,2,6,8-9,16-17H2,1H3,(H,32,33). The molecule has 1 heterocycles. The van der Waals surface area contributed by atoms with Gasteiger partial charge in [-0.25, -0.2) is 14.5 Å². The summed E-state index contributed by atoms with van der Waals surface area (Å²) < 4.78 is 1.67. The fraction of sp³-hybridized carbons (Fsp3) is 0.333. The van der Waals surface area contributed by atoms with Gasteiger partial charge < -0.3 is 5.11 Å². The molecule has 1 aliphatic carbocycles. The Kier molecular flexibility index (Phi) is 6.99. The summed E-state index contributed by atoms with van der Waals surface area (Å²) >= 11 is 0. The smallest absolute Gasteiger partial charge is 0.336 e. The Balaban J connectivity index is 1.43. The molecule has 1 N–H and O–H groups in total. The number of benzene rings is 2. The van der Waals surface area contributed by atoms with E-state index in [2.05, 4.69) is 21.9 Å². The molecular formula is C27H27N3O3. The zero-order valence-electron chi connectivity index (χ0n) is 18.7. The first-order valence-corrected chi connectivity index (χ1v) is 11.4. The van der Waals surface area contributed by atoms with Crippen molar-refractivity contribution in [2.24, 2.45) is 11.8 Å². The van der Waals surface area contributed by atoms with Crippen LogP contribution in [-0.4, -0.2) is 31.6 Å². The summed E-state index contributed by atoms with van der Waals surface area (Å²) in [5.74, 6) is 6.01. The van der Waals surface area contributed by atoms with Crippen molar-refractivity contribution in [3.8, 4) is 23.0 Å². The summed E-state index contributed by atoms with van der Waals surface area (Å²) in [6.45, 7) is 2.52. The van der Waals surface area contributed by atoms with E-state index >= 15 is 0 Å². The molecule has 1 aliphatic rings. The lowest BCUT2D eigenvalue weighted by molar-refractivity contribution is 0.0697. The summed E-state index contributed by atoms with van der Waals surface area (Å²) in [7, 11) is 0. The Hall–Kier alpha value is -3.72. The monoisotopic (exact) mass is 441 g/mol. The molecule has 0 aliphatic heterocycles. The fourth-order valence-corrected chi connectivity index (χ4v) is 4.37. The van der Waals surface area contributed by atoms with Gasteiger partial charge in [-0.1, -0.05) is 61.7 Å². The number of carbonyl (C=O) groups is 2. The summed E-state index contributed by atoms with van der Waals surface area (Å²) in [5, 5.41) is 13.8. The Bertz CT molecular complexity index is 1200. The van der Waals surface area contributed by atoms with Crippen molar-refractivity contribution < 1.29 is 14.7 Å². The van der Waals surface area contributed by atoms with Gasteiger partial charge in [-0.3, -0.25) is 4.79 Å². The molecule has 6 heteroatoms. The number of aromatic nitrogens is 3. The molecule has 1 fully saturated rings. The number of hydrogen-bond donors (Lipinski definition) is 1. The molecule has 0 radical (unpaired) electrons. The number of aromatic carboxylic acids is 1. The first-order chi connectivity index (χ1) is 16.0. The molecule has 1 saturated carbocycles. The summed E-state index contributed by atoms with van der Waals surface area (Å²) in [6.07, 6.45) is 6.17. The van der Waals surface area contributed by atoms with E-state index in [0.717, 1.165) is 43.2 Å². The highest BCUT2D eigenvalue weighted by molar-refractivity contribution is 5.96. The molecular weight excluding hydrogens is 414 g/mol. The van der Waals surface area contributed by atoms with Crippen LogP contribution in [0.1, 0.15) is 65.6 Å². The zero-order chi connectivity index (χ0) is 23.2. The Morgan fingerprint density at radius 3 is 2.67 bits per heavy atom. The van der Waals surface area contributed by atoms with Crippen molar-refractivity contribution in [3.63, 3.8) is 0 Å². The van der Waals surface area contributed by atoms with Crippen LogP contribution < -0.4 is 0 Å². The van der Waals surface area contributed by atoms with Crippen LogP contribution in [-0.2, 0) is 6.54 Å². The van der Waals surface area contributed by atoms with Crippen molar-refractivity contribution >= 4 is 11.8 Å². The van der Waals surface area contributed by atoms with E-state index in [9.17, 15) is 14.7 Å². The van der Waals surface area contributed by atoms with Gasteiger partial charge >= 0.3 is 5.97 Å². The Morgan fingerprint density at radius 2 is 1.91 bits per heavy atom. The lowest BCUT2D eigenvalue weighted by atomic mass is 9.79. The lowest BCUT2D eigenvalue weighted by Gasteiger charge is -2.24. The van der Waals surface area contributed by atoms with Gasteiger partial charge in [-0.05, 0) is 42.0 Å². The number of hydrogen-bond acceptors (Lipinski definition) is 4. The second-order valence-electron chi connectivity index (χ2n) is 8.41. The maximum Gasteiger partial charge on any atom is 0.336 e. The molecule has 1 aromatic heterocycles. The highest BCUT2D eigenvalue weighted by Gasteiger charge is 2.29. The van der Waals surface area contributed by atoms with Crippen LogP contribution >= 0.6 is 0 Å². The predicted octanol–water partition coefficient (Wildman–Crippen LogP) is 5.09. The number of carboxylic acid groups (broad SMARTS) is 1. The fourth-order valence-electron chi connectivity index (χ4n) is 4.37. The molecule has 3 aromatic rings. The first kappa shape index (κ1) is 22.5. The highest BCUT2D eigenvalue weighted by atomic mass is 16.4. The average molecular weight is 442 g/mol. The lowest BCUT2D eigenvalue weighted by Crippen LogP contribution is -2.23. The summed E-state index contributed by atoms with van der Waals surface area (Å²) in [5.41, 5.74) is 2.78. The van der Waals surface area contributed by atoms with Crippen molar-refractivity contribution in [3.05, 3.63) is 71.8 Å². The SMILES string of the molecule is CCC#CC1CCCC(C(=O)c2ncn(Cc3ccc(-c4ccccc4C(=O)O)cc3)n2)C1. The van der Waals surface area contributed by atoms with Crippen molar-refractivity contribution in [2.45, 2.75) is 45.6 Å². The number of carboxylic acids is 1. The number of ketones is 1. The van der Waals surface area contributed by atoms with E-state index in [-0.39, 0.29) is 23.1 Å². The predicted molar refractivity (Wildman–Crippen MR) is 126 cm³/mol. The number of carbonyl (C=O) groups excluding carboxylic acids is 1. The van der Waals surface area contributed by atoms with E-state index in [0.29, 0.717) is 18.0 Å². The van der Waals surface area contributed by atoms with Gasteiger partial charge in [0.15, 0.2) is 0 Å². The largest absolute Gasteiger partial charge is 0.478 e. The third-order valence-electron chi connectivity index (χ3n) is 6.05. The molecule has 4 rings (SSSR count). The van der Waals surface area contributed by atoms with Crippen molar-refractivity contribution in [1.82, 2.24) is 14.8 Å². The Labute approximate surface area is 193 Å². The minimum atomic E-state index is -0.948. The van der Waals surface area contributed by atoms with Gasteiger partial charge in [-0.2, -0.15) is 0 Å². The Morgan fingerprint density at radius 1 is 1.12 bits per heavy atom. The van der Waals surface area contributed by atoms with Crippen LogP contribution in [0.5, 0.6) is 0 Å². The molecule has 0 saturated heterocycles. The minimum Gasteiger partial charge on any atom is -0.478 e. The minimum absolute atomic E-state index is 0.0115. The topological polar surface area (TPSA) is 85.1 Å². The van der Waals surface area contributed by atoms with E-state index in [4.69, 9.17) is 0 Å². The second-order valence-corrected chi connectivity index (χ2v) is 8.41. The van der Waals surface area contributed by atoms with Gasteiger partial charge in [0.2, 0.25) is 11.6 Å². The normalized spacial score (nSPS) is 17.7. The average Bonchev–Trinajstić information content (AvgIpc) is 3.31. The highest BCUT2D eigenvalue weighted by Crippen LogP contribution is 2.30. The maximum atomic E-state index is 12.9. The molecule has 2 aromatic carbocycles. The van der Waals surface area contributed by atoms with Crippen LogP contribution in [0.2, 0.25) is 0 Å². The second kappa shape index (κ2) is 10.3. The molecule has 0 amide bonds. The number of rotatable bonds is 6. The van der Waals surface area contributed by atoms with Gasteiger partial charge in [-0.15, -0.1) is 11.0 Å². The van der Waals surface area contributed by atoms with E-state index in [1.165, 1.54) is 0 Å². The van der Waals surface area contributed by atoms with Crippen LogP contribution in [0, 0.1) is 23.7 Å². The molecule has 2 atom stereocenters. The zero-order valence-corrected chi connectivity index (χ0v) is 18.7. The van der Waals surface area contributed by atoms with E-state index in [1.54, 1.807) is 29.2 Å². The number of nitrogens with zero attached hydrogens (tertiary/aromatic N) is 3. The number of Topliss-reactive ketones (excluding diaryl/α,β-unsaturated/α-hetero) is 1. The molecule has 33 heavy (non-hydrogen) atoms. The van der Waals surface area contributed by atoms with Crippen molar-refractivity contribution in [2.75, 3.05) is 0 Å². The molecule has 0 spiro atoms. The first-order valence-electron chi connectivity index (χ1n) is 11.4. The third-order valence-corrected chi connectivity index (χ3v) is 6.05. The van der Waals surface area contributed by atoms with Crippen LogP contribution in [0.3, 0.4) is 0 Å². The third kappa shape index (κ3) is 5.38. The quantitative estimate of drug-likeness (QED) is 0.425. The van der Waals surface area contributed by atoms with E-state index in [1.807, 2.05) is 37.3 Å². The van der Waals surface area contributed by atoms with Gasteiger partial charge in [0, 0.05) is 18.3 Å². The van der Waals surface area contributed by atoms with Crippen molar-refractivity contribution in [1.29, 1.82) is 0 Å². The van der Waals surface area contributed by atoms with Crippen LogP contribution in [0.4, 0.5) is 0 Å². The summed E-state index contributed by atoms with van der Waals surface area (Å²) in [6, 6.07) is 14.6. The maximum absolute atomic E-state index is 12.9. The van der Waals surface area contributed by atoms with Crippen LogP contribution in [0.25, 0.3) is 11.1 Å². The molecule has 6 nitrogen and oxygen atoms in total.